The van der Waals surface area contributed by atoms with Gasteiger partial charge in [-0.2, -0.15) is 11.8 Å². The lowest BCUT2D eigenvalue weighted by Crippen LogP contribution is -2.37. The lowest BCUT2D eigenvalue weighted by Gasteiger charge is -2.09. The zero-order valence-electron chi connectivity index (χ0n) is 8.42. The zero-order chi connectivity index (χ0) is 9.68. The third-order valence-electron chi connectivity index (χ3n) is 1.98. The molecule has 1 aliphatic heterocycles. The second-order valence-electron chi connectivity index (χ2n) is 3.75. The minimum atomic E-state index is 0.377. The Balaban J connectivity index is 2.21. The van der Waals surface area contributed by atoms with Crippen molar-refractivity contribution in [3.63, 3.8) is 0 Å². The molecule has 1 atom stereocenters. The Labute approximate surface area is 84.6 Å². The smallest absolute Gasteiger partial charge is 0.188 e. The molecule has 13 heavy (non-hydrogen) atoms. The molecule has 4 heteroatoms. The van der Waals surface area contributed by atoms with Gasteiger partial charge >= 0.3 is 0 Å². The molecule has 1 rings (SSSR count). The third-order valence-corrected chi connectivity index (χ3v) is 3.21. The monoisotopic (exact) mass is 201 g/mol. The van der Waals surface area contributed by atoms with E-state index in [9.17, 15) is 0 Å². The molecule has 1 heterocycles. The number of aliphatic imine (C=N–C) groups is 1. The maximum absolute atomic E-state index is 5.68. The van der Waals surface area contributed by atoms with Gasteiger partial charge in [0, 0.05) is 12.6 Å². The van der Waals surface area contributed by atoms with Crippen molar-refractivity contribution in [2.45, 2.75) is 26.3 Å². The van der Waals surface area contributed by atoms with E-state index in [1.54, 1.807) is 0 Å². The van der Waals surface area contributed by atoms with Gasteiger partial charge in [0.05, 0.1) is 0 Å². The second kappa shape index (κ2) is 5.37. The van der Waals surface area contributed by atoms with Crippen LogP contribution >= 0.6 is 11.8 Å². The van der Waals surface area contributed by atoms with Crippen LogP contribution in [0.2, 0.25) is 0 Å². The summed E-state index contributed by atoms with van der Waals surface area (Å²) in [6.45, 7) is 5.01. The van der Waals surface area contributed by atoms with Gasteiger partial charge in [-0.05, 0) is 37.7 Å². The van der Waals surface area contributed by atoms with Gasteiger partial charge in [0.15, 0.2) is 5.96 Å². The van der Waals surface area contributed by atoms with Crippen molar-refractivity contribution < 1.29 is 0 Å². The number of nitrogens with two attached hydrogens (primary N) is 1. The summed E-state index contributed by atoms with van der Waals surface area (Å²) in [5.74, 6) is 3.88. The molecule has 1 fully saturated rings. The summed E-state index contributed by atoms with van der Waals surface area (Å²) in [5.41, 5.74) is 5.68. The first kappa shape index (κ1) is 10.7. The van der Waals surface area contributed by atoms with Gasteiger partial charge in [-0.3, -0.25) is 4.99 Å². The number of hydrogen-bond acceptors (Lipinski definition) is 2. The summed E-state index contributed by atoms with van der Waals surface area (Å²) in [4.78, 5) is 4.32. The predicted octanol–water partition coefficient (Wildman–Crippen LogP) is 1.05. The van der Waals surface area contributed by atoms with Crippen LogP contribution in [-0.4, -0.2) is 30.1 Å². The molecule has 3 nitrogen and oxygen atoms in total. The van der Waals surface area contributed by atoms with Crippen LogP contribution in [0.4, 0.5) is 0 Å². The lowest BCUT2D eigenvalue weighted by molar-refractivity contribution is 0.608. The van der Waals surface area contributed by atoms with E-state index in [2.05, 4.69) is 24.2 Å². The SMILES string of the molecule is CC(C)NC(N)=NCC1CCSC1. The van der Waals surface area contributed by atoms with Gasteiger partial charge in [0.2, 0.25) is 0 Å². The highest BCUT2D eigenvalue weighted by Gasteiger charge is 2.14. The molecular weight excluding hydrogens is 182 g/mol. The van der Waals surface area contributed by atoms with E-state index in [1.165, 1.54) is 17.9 Å². The molecule has 1 unspecified atom stereocenters. The fraction of sp³-hybridized carbons (Fsp3) is 0.889. The summed E-state index contributed by atoms with van der Waals surface area (Å²) in [6.07, 6.45) is 1.29. The highest BCUT2D eigenvalue weighted by Crippen LogP contribution is 2.23. The minimum absolute atomic E-state index is 0.377. The summed E-state index contributed by atoms with van der Waals surface area (Å²) < 4.78 is 0. The molecular formula is C9H19N3S. The normalized spacial score (nSPS) is 23.9. The summed E-state index contributed by atoms with van der Waals surface area (Å²) in [6, 6.07) is 0.377. The molecule has 1 aliphatic rings. The molecule has 0 aromatic heterocycles. The van der Waals surface area contributed by atoms with Gasteiger partial charge < -0.3 is 11.1 Å². The van der Waals surface area contributed by atoms with Gasteiger partial charge in [0.1, 0.15) is 0 Å². The topological polar surface area (TPSA) is 50.4 Å². The molecule has 3 N–H and O–H groups in total. The van der Waals surface area contributed by atoms with Gasteiger partial charge in [-0.25, -0.2) is 0 Å². The molecule has 76 valence electrons. The highest BCUT2D eigenvalue weighted by atomic mass is 32.2. The standard InChI is InChI=1S/C9H19N3S/c1-7(2)12-9(10)11-5-8-3-4-13-6-8/h7-8H,3-6H2,1-2H3,(H3,10,11,12). The third kappa shape index (κ3) is 4.41. The predicted molar refractivity (Wildman–Crippen MR) is 60.2 cm³/mol. The van der Waals surface area contributed by atoms with E-state index in [-0.39, 0.29) is 0 Å². The summed E-state index contributed by atoms with van der Waals surface area (Å²) >= 11 is 2.02. The molecule has 0 radical (unpaired) electrons. The Hall–Kier alpha value is -0.380. The first-order valence-corrected chi connectivity index (χ1v) is 5.98. The number of nitrogens with zero attached hydrogens (tertiary/aromatic N) is 1. The van der Waals surface area contributed by atoms with E-state index >= 15 is 0 Å². The molecule has 0 aromatic rings. The van der Waals surface area contributed by atoms with Gasteiger partial charge in [-0.15, -0.1) is 0 Å². The molecule has 0 spiro atoms. The van der Waals surface area contributed by atoms with E-state index in [0.717, 1.165) is 12.5 Å². The Kier molecular flexibility index (Phi) is 4.42. The number of hydrogen-bond donors (Lipinski definition) is 2. The van der Waals surface area contributed by atoms with E-state index in [1.807, 2.05) is 11.8 Å². The van der Waals surface area contributed by atoms with Crippen LogP contribution < -0.4 is 11.1 Å². The fourth-order valence-corrected chi connectivity index (χ4v) is 2.57. The van der Waals surface area contributed by atoms with Crippen LogP contribution in [-0.2, 0) is 0 Å². The van der Waals surface area contributed by atoms with Crippen LogP contribution in [0, 0.1) is 5.92 Å². The van der Waals surface area contributed by atoms with E-state index < -0.39 is 0 Å². The maximum Gasteiger partial charge on any atom is 0.188 e. The first-order valence-electron chi connectivity index (χ1n) is 4.82. The first-order chi connectivity index (χ1) is 6.18. The Morgan fingerprint density at radius 3 is 3.00 bits per heavy atom. The number of guanidine groups is 1. The van der Waals surface area contributed by atoms with Crippen molar-refractivity contribution in [1.82, 2.24) is 5.32 Å². The second-order valence-corrected chi connectivity index (χ2v) is 4.90. The van der Waals surface area contributed by atoms with Gasteiger partial charge in [0.25, 0.3) is 0 Å². The summed E-state index contributed by atoms with van der Waals surface area (Å²) in [5, 5.41) is 3.09. The van der Waals surface area contributed by atoms with Crippen LogP contribution in [0.1, 0.15) is 20.3 Å². The minimum Gasteiger partial charge on any atom is -0.370 e. The maximum atomic E-state index is 5.68. The van der Waals surface area contributed by atoms with E-state index in [4.69, 9.17) is 5.73 Å². The quantitative estimate of drug-likeness (QED) is 0.530. The molecule has 0 bridgehead atoms. The Morgan fingerprint density at radius 1 is 1.69 bits per heavy atom. The van der Waals surface area contributed by atoms with Crippen molar-refractivity contribution in [2.24, 2.45) is 16.6 Å². The van der Waals surface area contributed by atoms with Crippen molar-refractivity contribution in [1.29, 1.82) is 0 Å². The van der Waals surface area contributed by atoms with Crippen LogP contribution in [0.3, 0.4) is 0 Å². The number of thioether (sulfide) groups is 1. The molecule has 0 amide bonds. The molecule has 0 aromatic carbocycles. The van der Waals surface area contributed by atoms with Crippen LogP contribution in [0.15, 0.2) is 4.99 Å². The van der Waals surface area contributed by atoms with Crippen molar-refractivity contribution in [3.8, 4) is 0 Å². The molecule has 1 saturated heterocycles. The van der Waals surface area contributed by atoms with Crippen LogP contribution in [0.25, 0.3) is 0 Å². The highest BCUT2D eigenvalue weighted by molar-refractivity contribution is 7.99. The van der Waals surface area contributed by atoms with Crippen molar-refractivity contribution >= 4 is 17.7 Å². The number of rotatable bonds is 3. The van der Waals surface area contributed by atoms with Gasteiger partial charge in [-0.1, -0.05) is 0 Å². The van der Waals surface area contributed by atoms with E-state index in [0.29, 0.717) is 12.0 Å². The molecule has 0 aliphatic carbocycles. The van der Waals surface area contributed by atoms with Crippen molar-refractivity contribution in [3.05, 3.63) is 0 Å². The lowest BCUT2D eigenvalue weighted by atomic mass is 10.1. The summed E-state index contributed by atoms with van der Waals surface area (Å²) in [7, 11) is 0. The van der Waals surface area contributed by atoms with Crippen LogP contribution in [0.5, 0.6) is 0 Å². The Bertz CT molecular complexity index is 174. The average Bonchev–Trinajstić information content (AvgIpc) is 2.51. The zero-order valence-corrected chi connectivity index (χ0v) is 9.23. The number of nitrogens with one attached hydrogen (secondary N) is 1. The largest absolute Gasteiger partial charge is 0.370 e. The average molecular weight is 201 g/mol. The Morgan fingerprint density at radius 2 is 2.46 bits per heavy atom. The van der Waals surface area contributed by atoms with Crippen molar-refractivity contribution in [2.75, 3.05) is 18.1 Å². The molecule has 0 saturated carbocycles. The fourth-order valence-electron chi connectivity index (χ4n) is 1.30.